The molecule has 5 heteroatoms. The summed E-state index contributed by atoms with van der Waals surface area (Å²) in [5, 5.41) is 9.14. The van der Waals surface area contributed by atoms with Crippen molar-refractivity contribution in [2.75, 3.05) is 6.61 Å². The van der Waals surface area contributed by atoms with Gasteiger partial charge in [0.2, 0.25) is 0 Å². The molecule has 1 aromatic carbocycles. The first kappa shape index (κ1) is 14.0. The summed E-state index contributed by atoms with van der Waals surface area (Å²) in [7, 11) is 0. The quantitative estimate of drug-likeness (QED) is 0.848. The maximum atomic E-state index is 11.3. The summed E-state index contributed by atoms with van der Waals surface area (Å²) in [6, 6.07) is 5.21. The fraction of sp³-hybridized carbons (Fsp3) is 0.417. The second kappa shape index (κ2) is 6.61. The van der Waals surface area contributed by atoms with Gasteiger partial charge in [0, 0.05) is 10.0 Å². The molecule has 0 radical (unpaired) electrons. The van der Waals surface area contributed by atoms with Gasteiger partial charge >= 0.3 is 5.97 Å². The number of ether oxygens (including phenoxy) is 2. The number of aliphatic hydroxyl groups excluding tert-OH is 1. The van der Waals surface area contributed by atoms with Gasteiger partial charge in [0.05, 0.1) is 12.7 Å². The molecule has 0 heterocycles. The molecule has 1 aromatic rings. The molecule has 4 nitrogen and oxygen atoms in total. The zero-order valence-corrected chi connectivity index (χ0v) is 11.4. The van der Waals surface area contributed by atoms with Gasteiger partial charge < -0.3 is 14.6 Å². The summed E-state index contributed by atoms with van der Waals surface area (Å²) in [5.74, 6) is 0.0585. The van der Waals surface area contributed by atoms with Crippen LogP contribution in [0.4, 0.5) is 0 Å². The van der Waals surface area contributed by atoms with Gasteiger partial charge in [0.15, 0.2) is 6.61 Å². The highest BCUT2D eigenvalue weighted by atomic mass is 79.9. The first-order chi connectivity index (χ1) is 8.02. The molecule has 0 aliphatic heterocycles. The van der Waals surface area contributed by atoms with Gasteiger partial charge in [-0.15, -0.1) is 0 Å². The molecule has 0 aliphatic carbocycles. The van der Waals surface area contributed by atoms with Crippen molar-refractivity contribution in [2.24, 2.45) is 0 Å². The van der Waals surface area contributed by atoms with E-state index in [4.69, 9.17) is 14.6 Å². The van der Waals surface area contributed by atoms with Gasteiger partial charge in [0.1, 0.15) is 5.75 Å². The minimum Gasteiger partial charge on any atom is -0.482 e. The molecule has 0 aliphatic rings. The molecule has 0 atom stereocenters. The third-order valence-corrected chi connectivity index (χ3v) is 2.40. The molecule has 17 heavy (non-hydrogen) atoms. The topological polar surface area (TPSA) is 55.8 Å². The van der Waals surface area contributed by atoms with Crippen LogP contribution >= 0.6 is 15.9 Å². The lowest BCUT2D eigenvalue weighted by molar-refractivity contribution is -0.149. The summed E-state index contributed by atoms with van der Waals surface area (Å²) in [5.41, 5.74) is 0.622. The molecule has 0 fully saturated rings. The molecule has 0 spiro atoms. The maximum absolute atomic E-state index is 11.3. The molecule has 1 rings (SSSR count). The fourth-order valence-corrected chi connectivity index (χ4v) is 1.65. The van der Waals surface area contributed by atoms with Crippen LogP contribution < -0.4 is 4.74 Å². The normalized spacial score (nSPS) is 10.4. The summed E-state index contributed by atoms with van der Waals surface area (Å²) in [6.07, 6.45) is -0.159. The molecule has 1 N–H and O–H groups in total. The Morgan fingerprint density at radius 1 is 1.47 bits per heavy atom. The predicted molar refractivity (Wildman–Crippen MR) is 66.8 cm³/mol. The second-order valence-corrected chi connectivity index (χ2v) is 4.65. The minimum absolute atomic E-state index is 0.145. The van der Waals surface area contributed by atoms with Gasteiger partial charge in [-0.1, -0.05) is 15.9 Å². The average Bonchev–Trinajstić information content (AvgIpc) is 2.26. The van der Waals surface area contributed by atoms with Gasteiger partial charge in [-0.3, -0.25) is 0 Å². The highest BCUT2D eigenvalue weighted by Crippen LogP contribution is 2.23. The molecule has 0 amide bonds. The van der Waals surface area contributed by atoms with Crippen molar-refractivity contribution >= 4 is 21.9 Å². The number of carbonyl (C=O) groups excluding carboxylic acids is 1. The minimum atomic E-state index is -0.424. The molecular weight excluding hydrogens is 288 g/mol. The Kier molecular flexibility index (Phi) is 5.44. The SMILES string of the molecule is CC(C)OC(=O)COc1ccc(Br)cc1CO. The lowest BCUT2D eigenvalue weighted by Gasteiger charge is -2.11. The zero-order chi connectivity index (χ0) is 12.8. The van der Waals surface area contributed by atoms with E-state index in [0.29, 0.717) is 11.3 Å². The second-order valence-electron chi connectivity index (χ2n) is 3.74. The van der Waals surface area contributed by atoms with Crippen LogP contribution in [0.5, 0.6) is 5.75 Å². The number of hydrogen-bond donors (Lipinski definition) is 1. The molecule has 0 bridgehead atoms. The smallest absolute Gasteiger partial charge is 0.344 e. The predicted octanol–water partition coefficient (Wildman–Crippen LogP) is 2.27. The van der Waals surface area contributed by atoms with Crippen LogP contribution in [0.15, 0.2) is 22.7 Å². The largest absolute Gasteiger partial charge is 0.482 e. The number of carbonyl (C=O) groups is 1. The van der Waals surface area contributed by atoms with Crippen molar-refractivity contribution in [3.05, 3.63) is 28.2 Å². The standard InChI is InChI=1S/C12H15BrO4/c1-8(2)17-12(15)7-16-11-4-3-10(13)5-9(11)6-14/h3-5,8,14H,6-7H2,1-2H3. The van der Waals surface area contributed by atoms with Gasteiger partial charge in [-0.2, -0.15) is 0 Å². The van der Waals surface area contributed by atoms with Crippen LogP contribution in [0.3, 0.4) is 0 Å². The number of esters is 1. The van der Waals surface area contributed by atoms with E-state index >= 15 is 0 Å². The Labute approximate surface area is 109 Å². The van der Waals surface area contributed by atoms with E-state index < -0.39 is 5.97 Å². The fourth-order valence-electron chi connectivity index (χ4n) is 1.25. The van der Waals surface area contributed by atoms with Crippen LogP contribution in [-0.2, 0) is 16.1 Å². The van der Waals surface area contributed by atoms with Crippen molar-refractivity contribution < 1.29 is 19.4 Å². The van der Waals surface area contributed by atoms with Gasteiger partial charge in [0.25, 0.3) is 0 Å². The zero-order valence-electron chi connectivity index (χ0n) is 9.77. The molecular formula is C12H15BrO4. The Bertz CT molecular complexity index is 390. The van der Waals surface area contributed by atoms with Crippen molar-refractivity contribution in [3.8, 4) is 5.75 Å². The monoisotopic (exact) mass is 302 g/mol. The van der Waals surface area contributed by atoms with E-state index in [9.17, 15) is 4.79 Å². The van der Waals surface area contributed by atoms with E-state index in [1.54, 1.807) is 32.0 Å². The number of rotatable bonds is 5. The van der Waals surface area contributed by atoms with E-state index in [0.717, 1.165) is 4.47 Å². The average molecular weight is 303 g/mol. The van der Waals surface area contributed by atoms with E-state index in [2.05, 4.69) is 15.9 Å². The van der Waals surface area contributed by atoms with Gasteiger partial charge in [-0.05, 0) is 32.0 Å². The van der Waals surface area contributed by atoms with E-state index in [1.165, 1.54) is 0 Å². The van der Waals surface area contributed by atoms with E-state index in [1.807, 2.05) is 0 Å². The Hall–Kier alpha value is -1.07. The van der Waals surface area contributed by atoms with Gasteiger partial charge in [-0.25, -0.2) is 4.79 Å². The highest BCUT2D eigenvalue weighted by Gasteiger charge is 2.09. The summed E-state index contributed by atoms with van der Waals surface area (Å²) in [4.78, 5) is 11.3. The Balaban J connectivity index is 2.60. The van der Waals surface area contributed by atoms with E-state index in [-0.39, 0.29) is 19.3 Å². The van der Waals surface area contributed by atoms with Crippen LogP contribution in [0, 0.1) is 0 Å². The third kappa shape index (κ3) is 4.75. The first-order valence-corrected chi connectivity index (χ1v) is 6.03. The number of halogens is 1. The van der Waals surface area contributed by atoms with Crippen molar-refractivity contribution in [1.29, 1.82) is 0 Å². The van der Waals surface area contributed by atoms with Crippen molar-refractivity contribution in [2.45, 2.75) is 26.6 Å². The summed E-state index contributed by atoms with van der Waals surface area (Å²) in [6.45, 7) is 3.24. The summed E-state index contributed by atoms with van der Waals surface area (Å²) >= 11 is 3.29. The van der Waals surface area contributed by atoms with Crippen molar-refractivity contribution in [3.63, 3.8) is 0 Å². The van der Waals surface area contributed by atoms with Crippen molar-refractivity contribution in [1.82, 2.24) is 0 Å². The van der Waals surface area contributed by atoms with Crippen LogP contribution in [0.25, 0.3) is 0 Å². The molecule has 0 saturated carbocycles. The maximum Gasteiger partial charge on any atom is 0.344 e. The Morgan fingerprint density at radius 3 is 2.76 bits per heavy atom. The Morgan fingerprint density at radius 2 is 2.18 bits per heavy atom. The highest BCUT2D eigenvalue weighted by molar-refractivity contribution is 9.10. The lowest BCUT2D eigenvalue weighted by atomic mass is 10.2. The van der Waals surface area contributed by atoms with Crippen LogP contribution in [0.1, 0.15) is 19.4 Å². The molecule has 0 aromatic heterocycles. The van der Waals surface area contributed by atoms with Crippen LogP contribution in [-0.4, -0.2) is 23.8 Å². The number of aliphatic hydroxyl groups is 1. The van der Waals surface area contributed by atoms with Crippen LogP contribution in [0.2, 0.25) is 0 Å². The molecule has 0 unspecified atom stereocenters. The molecule has 94 valence electrons. The number of benzene rings is 1. The summed E-state index contributed by atoms with van der Waals surface area (Å²) < 4.78 is 11.1. The third-order valence-electron chi connectivity index (χ3n) is 1.91. The molecule has 0 saturated heterocycles. The lowest BCUT2D eigenvalue weighted by Crippen LogP contribution is -2.19. The number of hydrogen-bond acceptors (Lipinski definition) is 4. The first-order valence-electron chi connectivity index (χ1n) is 5.24.